The van der Waals surface area contributed by atoms with Crippen molar-refractivity contribution >= 4 is 5.91 Å². The molecule has 0 saturated heterocycles. The number of primary amides is 1. The van der Waals surface area contributed by atoms with E-state index < -0.39 is 0 Å². The van der Waals surface area contributed by atoms with E-state index in [1.807, 2.05) is 0 Å². The Labute approximate surface area is 97.9 Å². The summed E-state index contributed by atoms with van der Waals surface area (Å²) in [7, 11) is 1.58. The van der Waals surface area contributed by atoms with Gasteiger partial charge in [0.2, 0.25) is 5.91 Å². The fourth-order valence-electron chi connectivity index (χ4n) is 2.23. The van der Waals surface area contributed by atoms with Gasteiger partial charge in [-0.15, -0.1) is 0 Å². The number of hydrogen-bond acceptors (Lipinski definition) is 3. The lowest BCUT2D eigenvalue weighted by atomic mass is 9.75. The van der Waals surface area contributed by atoms with Crippen LogP contribution in [0.5, 0.6) is 0 Å². The summed E-state index contributed by atoms with van der Waals surface area (Å²) in [5.41, 5.74) is 5.76. The van der Waals surface area contributed by atoms with Gasteiger partial charge in [-0.25, -0.2) is 0 Å². The van der Waals surface area contributed by atoms with E-state index in [9.17, 15) is 4.79 Å². The van der Waals surface area contributed by atoms with Crippen LogP contribution < -0.4 is 11.1 Å². The fraction of sp³-hybridized carbons (Fsp3) is 0.917. The highest BCUT2D eigenvalue weighted by atomic mass is 16.5. The van der Waals surface area contributed by atoms with Crippen LogP contribution in [0.3, 0.4) is 0 Å². The maximum Gasteiger partial charge on any atom is 0.236 e. The molecule has 4 heteroatoms. The summed E-state index contributed by atoms with van der Waals surface area (Å²) >= 11 is 0. The Bertz CT molecular complexity index is 231. The number of carbonyl (C=O) groups is 1. The summed E-state index contributed by atoms with van der Waals surface area (Å²) in [6.45, 7) is 4.95. The lowest BCUT2D eigenvalue weighted by Gasteiger charge is -2.35. The van der Waals surface area contributed by atoms with E-state index in [-0.39, 0.29) is 11.9 Å². The van der Waals surface area contributed by atoms with Gasteiger partial charge >= 0.3 is 0 Å². The minimum absolute atomic E-state index is 0.327. The van der Waals surface area contributed by atoms with Gasteiger partial charge in [0, 0.05) is 13.2 Å². The smallest absolute Gasteiger partial charge is 0.236 e. The highest BCUT2D eigenvalue weighted by Gasteiger charge is 2.28. The van der Waals surface area contributed by atoms with Crippen molar-refractivity contribution in [2.45, 2.75) is 51.6 Å². The van der Waals surface area contributed by atoms with Crippen LogP contribution in [0.25, 0.3) is 0 Å². The van der Waals surface area contributed by atoms with Gasteiger partial charge < -0.3 is 15.8 Å². The van der Waals surface area contributed by atoms with Crippen LogP contribution >= 0.6 is 0 Å². The summed E-state index contributed by atoms with van der Waals surface area (Å²) in [5, 5.41) is 3.29. The molecule has 0 radical (unpaired) electrons. The van der Waals surface area contributed by atoms with Gasteiger partial charge in [0.05, 0.1) is 6.61 Å². The molecule has 0 aromatic rings. The molecule has 0 aliphatic heterocycles. The molecule has 4 nitrogen and oxygen atoms in total. The van der Waals surface area contributed by atoms with Crippen molar-refractivity contribution in [3.05, 3.63) is 0 Å². The first-order valence-electron chi connectivity index (χ1n) is 5.99. The zero-order valence-electron chi connectivity index (χ0n) is 10.6. The van der Waals surface area contributed by atoms with Gasteiger partial charge in [0.25, 0.3) is 0 Å². The summed E-state index contributed by atoms with van der Waals surface area (Å²) in [6.07, 6.45) is 4.62. The van der Waals surface area contributed by atoms with E-state index in [0.717, 1.165) is 12.8 Å². The molecule has 1 atom stereocenters. The minimum Gasteiger partial charge on any atom is -0.383 e. The normalized spacial score (nSPS) is 22.9. The molecule has 1 aliphatic carbocycles. The zero-order chi connectivity index (χ0) is 12.2. The van der Waals surface area contributed by atoms with Crippen LogP contribution in [0.2, 0.25) is 0 Å². The molecule has 0 bridgehead atoms. The van der Waals surface area contributed by atoms with E-state index in [1.165, 1.54) is 12.8 Å². The maximum absolute atomic E-state index is 11.2. The van der Waals surface area contributed by atoms with Crippen LogP contribution in [0, 0.1) is 5.41 Å². The highest BCUT2D eigenvalue weighted by molar-refractivity contribution is 5.80. The third-order valence-electron chi connectivity index (χ3n) is 3.45. The number of hydrogen-bond donors (Lipinski definition) is 2. The molecule has 0 aromatic heterocycles. The Hall–Kier alpha value is -0.610. The highest BCUT2D eigenvalue weighted by Crippen LogP contribution is 2.35. The van der Waals surface area contributed by atoms with Gasteiger partial charge in [-0.1, -0.05) is 13.8 Å². The van der Waals surface area contributed by atoms with Crippen molar-refractivity contribution in [1.82, 2.24) is 5.32 Å². The number of nitrogens with one attached hydrogen (secondary N) is 1. The molecule has 1 saturated carbocycles. The van der Waals surface area contributed by atoms with Crippen molar-refractivity contribution in [3.63, 3.8) is 0 Å². The van der Waals surface area contributed by atoms with E-state index in [2.05, 4.69) is 19.2 Å². The second-order valence-corrected chi connectivity index (χ2v) is 5.52. The van der Waals surface area contributed by atoms with Gasteiger partial charge in [0.15, 0.2) is 0 Å². The Balaban J connectivity index is 2.39. The molecule has 0 aromatic carbocycles. The largest absolute Gasteiger partial charge is 0.383 e. The minimum atomic E-state index is -0.351. The van der Waals surface area contributed by atoms with Crippen LogP contribution in [-0.2, 0) is 9.53 Å². The van der Waals surface area contributed by atoms with Crippen molar-refractivity contribution < 1.29 is 9.53 Å². The molecule has 94 valence electrons. The predicted molar refractivity (Wildman–Crippen MR) is 64.0 cm³/mol. The summed E-state index contributed by atoms with van der Waals surface area (Å²) in [6, 6.07) is 0.0527. The number of amides is 1. The molecule has 1 unspecified atom stereocenters. The molecular formula is C12H24N2O2. The standard InChI is InChI=1S/C12H24N2O2/c1-12(2)6-4-9(5-7-12)14-10(8-16-3)11(13)15/h9-10,14H,4-8H2,1-3H3,(H2,13,15). The molecule has 3 N–H and O–H groups in total. The quantitative estimate of drug-likeness (QED) is 0.739. The number of carbonyl (C=O) groups excluding carboxylic acids is 1. The molecule has 1 amide bonds. The Morgan fingerprint density at radius 3 is 2.50 bits per heavy atom. The number of methoxy groups -OCH3 is 1. The van der Waals surface area contributed by atoms with E-state index in [1.54, 1.807) is 7.11 Å². The monoisotopic (exact) mass is 228 g/mol. The Morgan fingerprint density at radius 1 is 1.50 bits per heavy atom. The first-order chi connectivity index (χ1) is 7.44. The predicted octanol–water partition coefficient (Wildman–Crippen LogP) is 1.05. The van der Waals surface area contributed by atoms with Gasteiger partial charge in [-0.2, -0.15) is 0 Å². The van der Waals surface area contributed by atoms with Gasteiger partial charge in [-0.05, 0) is 31.1 Å². The van der Waals surface area contributed by atoms with E-state index in [0.29, 0.717) is 18.1 Å². The average Bonchev–Trinajstić information content (AvgIpc) is 2.20. The molecule has 0 spiro atoms. The van der Waals surface area contributed by atoms with E-state index in [4.69, 9.17) is 10.5 Å². The van der Waals surface area contributed by atoms with Crippen LogP contribution in [0.1, 0.15) is 39.5 Å². The van der Waals surface area contributed by atoms with E-state index >= 15 is 0 Å². The lowest BCUT2D eigenvalue weighted by molar-refractivity contribution is -0.121. The van der Waals surface area contributed by atoms with Crippen molar-refractivity contribution in [2.24, 2.45) is 11.1 Å². The average molecular weight is 228 g/mol. The van der Waals surface area contributed by atoms with Crippen LogP contribution in [-0.4, -0.2) is 31.7 Å². The first kappa shape index (κ1) is 13.5. The first-order valence-corrected chi connectivity index (χ1v) is 5.99. The Kier molecular flexibility index (Phi) is 4.74. The second kappa shape index (κ2) is 5.64. The number of rotatable bonds is 5. The number of ether oxygens (including phenoxy) is 1. The fourth-order valence-corrected chi connectivity index (χ4v) is 2.23. The van der Waals surface area contributed by atoms with Crippen molar-refractivity contribution in [1.29, 1.82) is 0 Å². The SMILES string of the molecule is COCC(NC1CCC(C)(C)CC1)C(N)=O. The molecule has 1 aliphatic rings. The van der Waals surface area contributed by atoms with Crippen molar-refractivity contribution in [3.8, 4) is 0 Å². The second-order valence-electron chi connectivity index (χ2n) is 5.52. The van der Waals surface area contributed by atoms with Crippen LogP contribution in [0.15, 0.2) is 0 Å². The third kappa shape index (κ3) is 4.10. The third-order valence-corrected chi connectivity index (χ3v) is 3.45. The lowest BCUT2D eigenvalue weighted by Crippen LogP contribution is -2.50. The summed E-state index contributed by atoms with van der Waals surface area (Å²) in [5.74, 6) is -0.327. The molecule has 0 heterocycles. The Morgan fingerprint density at radius 2 is 2.06 bits per heavy atom. The van der Waals surface area contributed by atoms with Crippen LogP contribution in [0.4, 0.5) is 0 Å². The molecule has 1 fully saturated rings. The van der Waals surface area contributed by atoms with Crippen molar-refractivity contribution in [2.75, 3.05) is 13.7 Å². The number of nitrogens with two attached hydrogens (primary N) is 1. The molecule has 1 rings (SSSR count). The molecular weight excluding hydrogens is 204 g/mol. The molecule has 16 heavy (non-hydrogen) atoms. The van der Waals surface area contributed by atoms with Gasteiger partial charge in [0.1, 0.15) is 6.04 Å². The topological polar surface area (TPSA) is 64.3 Å². The summed E-state index contributed by atoms with van der Waals surface area (Å²) < 4.78 is 4.98. The van der Waals surface area contributed by atoms with Gasteiger partial charge in [-0.3, -0.25) is 4.79 Å². The summed E-state index contributed by atoms with van der Waals surface area (Å²) in [4.78, 5) is 11.2. The maximum atomic E-state index is 11.2. The zero-order valence-corrected chi connectivity index (χ0v) is 10.6.